The highest BCUT2D eigenvalue weighted by molar-refractivity contribution is 5.57. The topological polar surface area (TPSA) is 56.0 Å². The van der Waals surface area contributed by atoms with Crippen LogP contribution in [0.1, 0.15) is 17.2 Å². The fraction of sp³-hybridized carbons (Fsp3) is 0.133. The Morgan fingerprint density at radius 1 is 1.15 bits per heavy atom. The highest BCUT2D eigenvalue weighted by Crippen LogP contribution is 2.19. The van der Waals surface area contributed by atoms with Crippen molar-refractivity contribution in [2.24, 2.45) is 0 Å². The zero-order valence-corrected chi connectivity index (χ0v) is 10.5. The number of rotatable bonds is 4. The van der Waals surface area contributed by atoms with E-state index in [9.17, 15) is 13.9 Å². The molecule has 20 heavy (non-hydrogen) atoms. The van der Waals surface area contributed by atoms with Gasteiger partial charge in [-0.3, -0.25) is 0 Å². The summed E-state index contributed by atoms with van der Waals surface area (Å²) in [6.45, 7) is 0.0871. The van der Waals surface area contributed by atoms with Crippen LogP contribution in [0.4, 0.5) is 14.5 Å². The molecular weight excluding hydrogens is 262 g/mol. The van der Waals surface area contributed by atoms with Crippen LogP contribution in [-0.2, 0) is 0 Å². The maximum Gasteiger partial charge on any atom is 0.124 e. The normalized spacial score (nSPS) is 11.7. The SMILES string of the molecule is N#Cc1cc(F)ccc1NC[C@H](O)c1cccc(F)c1. The first-order valence-electron chi connectivity index (χ1n) is 5.97. The Hall–Kier alpha value is -2.45. The number of nitrogens with zero attached hydrogens (tertiary/aromatic N) is 1. The minimum atomic E-state index is -0.928. The molecule has 2 aromatic rings. The summed E-state index contributed by atoms with van der Waals surface area (Å²) in [6, 6.07) is 11.3. The van der Waals surface area contributed by atoms with Crippen molar-refractivity contribution in [3.63, 3.8) is 0 Å². The van der Waals surface area contributed by atoms with Gasteiger partial charge in [-0.1, -0.05) is 12.1 Å². The maximum absolute atomic E-state index is 13.0. The van der Waals surface area contributed by atoms with Gasteiger partial charge in [-0.15, -0.1) is 0 Å². The summed E-state index contributed by atoms with van der Waals surface area (Å²) in [6.07, 6.45) is -0.928. The van der Waals surface area contributed by atoms with E-state index in [0.29, 0.717) is 11.3 Å². The van der Waals surface area contributed by atoms with E-state index in [0.717, 1.165) is 6.07 Å². The van der Waals surface area contributed by atoms with Gasteiger partial charge in [0.25, 0.3) is 0 Å². The molecule has 0 fully saturated rings. The number of aliphatic hydroxyl groups excluding tert-OH is 1. The molecule has 0 spiro atoms. The van der Waals surface area contributed by atoms with Crippen molar-refractivity contribution in [1.29, 1.82) is 5.26 Å². The van der Waals surface area contributed by atoms with Crippen molar-refractivity contribution < 1.29 is 13.9 Å². The van der Waals surface area contributed by atoms with Crippen LogP contribution >= 0.6 is 0 Å². The predicted octanol–water partition coefficient (Wildman–Crippen LogP) is 2.98. The summed E-state index contributed by atoms with van der Waals surface area (Å²) < 4.78 is 26.0. The van der Waals surface area contributed by atoms with Crippen molar-refractivity contribution in [1.82, 2.24) is 0 Å². The summed E-state index contributed by atoms with van der Waals surface area (Å²) in [7, 11) is 0. The molecule has 0 saturated heterocycles. The first-order chi connectivity index (χ1) is 9.60. The Bertz CT molecular complexity index is 653. The van der Waals surface area contributed by atoms with Crippen LogP contribution in [0, 0.1) is 23.0 Å². The van der Waals surface area contributed by atoms with Gasteiger partial charge < -0.3 is 10.4 Å². The molecule has 1 atom stereocenters. The molecule has 102 valence electrons. The molecule has 0 radical (unpaired) electrons. The Kier molecular flexibility index (Phi) is 4.28. The molecule has 2 rings (SSSR count). The first-order valence-corrected chi connectivity index (χ1v) is 5.97. The smallest absolute Gasteiger partial charge is 0.124 e. The van der Waals surface area contributed by atoms with Crippen LogP contribution in [0.15, 0.2) is 42.5 Å². The van der Waals surface area contributed by atoms with Crippen molar-refractivity contribution >= 4 is 5.69 Å². The lowest BCUT2D eigenvalue weighted by molar-refractivity contribution is 0.191. The summed E-state index contributed by atoms with van der Waals surface area (Å²) in [5.41, 5.74) is 0.999. The van der Waals surface area contributed by atoms with Gasteiger partial charge in [-0.2, -0.15) is 5.26 Å². The zero-order chi connectivity index (χ0) is 14.5. The number of nitriles is 1. The van der Waals surface area contributed by atoms with E-state index in [1.165, 1.54) is 30.3 Å². The number of hydrogen-bond donors (Lipinski definition) is 2. The van der Waals surface area contributed by atoms with Crippen LogP contribution < -0.4 is 5.32 Å². The Balaban J connectivity index is 2.07. The van der Waals surface area contributed by atoms with Gasteiger partial charge in [-0.25, -0.2) is 8.78 Å². The maximum atomic E-state index is 13.0. The van der Waals surface area contributed by atoms with Crippen molar-refractivity contribution in [2.75, 3.05) is 11.9 Å². The quantitative estimate of drug-likeness (QED) is 0.901. The van der Waals surface area contributed by atoms with Crippen LogP contribution in [0.5, 0.6) is 0 Å². The van der Waals surface area contributed by atoms with Gasteiger partial charge in [0.15, 0.2) is 0 Å². The summed E-state index contributed by atoms with van der Waals surface area (Å²) >= 11 is 0. The minimum absolute atomic E-state index is 0.0871. The van der Waals surface area contributed by atoms with E-state index in [4.69, 9.17) is 5.26 Å². The van der Waals surface area contributed by atoms with Crippen molar-refractivity contribution in [3.05, 3.63) is 65.2 Å². The third-order valence-electron chi connectivity index (χ3n) is 2.82. The van der Waals surface area contributed by atoms with E-state index in [1.54, 1.807) is 6.07 Å². The molecular formula is C15H12F2N2O. The van der Waals surface area contributed by atoms with E-state index in [-0.39, 0.29) is 12.1 Å². The monoisotopic (exact) mass is 274 g/mol. The molecule has 0 saturated carbocycles. The molecule has 0 aromatic heterocycles. The van der Waals surface area contributed by atoms with Gasteiger partial charge >= 0.3 is 0 Å². The van der Waals surface area contributed by atoms with Crippen LogP contribution in [0.2, 0.25) is 0 Å². The summed E-state index contributed by atoms with van der Waals surface area (Å²) in [4.78, 5) is 0. The Labute approximate surface area is 115 Å². The molecule has 0 bridgehead atoms. The average Bonchev–Trinajstić information content (AvgIpc) is 2.45. The molecule has 0 unspecified atom stereocenters. The van der Waals surface area contributed by atoms with Gasteiger partial charge in [-0.05, 0) is 35.9 Å². The number of benzene rings is 2. The number of halogens is 2. The lowest BCUT2D eigenvalue weighted by Gasteiger charge is -2.14. The lowest BCUT2D eigenvalue weighted by Crippen LogP contribution is -2.13. The van der Waals surface area contributed by atoms with Crippen LogP contribution in [0.3, 0.4) is 0 Å². The van der Waals surface area contributed by atoms with E-state index in [2.05, 4.69) is 5.32 Å². The predicted molar refractivity (Wildman–Crippen MR) is 71.0 cm³/mol. The number of anilines is 1. The second-order valence-corrected chi connectivity index (χ2v) is 4.25. The van der Waals surface area contributed by atoms with Gasteiger partial charge in [0.1, 0.15) is 17.7 Å². The third kappa shape index (κ3) is 3.31. The third-order valence-corrected chi connectivity index (χ3v) is 2.82. The number of hydrogen-bond acceptors (Lipinski definition) is 3. The minimum Gasteiger partial charge on any atom is -0.387 e. The zero-order valence-electron chi connectivity index (χ0n) is 10.5. The van der Waals surface area contributed by atoms with Crippen LogP contribution in [0.25, 0.3) is 0 Å². The highest BCUT2D eigenvalue weighted by Gasteiger charge is 2.10. The van der Waals surface area contributed by atoms with Crippen molar-refractivity contribution in [3.8, 4) is 6.07 Å². The van der Waals surface area contributed by atoms with E-state index >= 15 is 0 Å². The second-order valence-electron chi connectivity index (χ2n) is 4.25. The second kappa shape index (κ2) is 6.13. The average molecular weight is 274 g/mol. The largest absolute Gasteiger partial charge is 0.387 e. The molecule has 2 aromatic carbocycles. The molecule has 3 nitrogen and oxygen atoms in total. The molecule has 5 heteroatoms. The van der Waals surface area contributed by atoms with Gasteiger partial charge in [0.2, 0.25) is 0 Å². The van der Waals surface area contributed by atoms with Gasteiger partial charge in [0, 0.05) is 6.54 Å². The molecule has 2 N–H and O–H groups in total. The summed E-state index contributed by atoms with van der Waals surface area (Å²) in [5, 5.41) is 21.7. The molecule has 0 heterocycles. The Morgan fingerprint density at radius 2 is 1.90 bits per heavy atom. The highest BCUT2D eigenvalue weighted by atomic mass is 19.1. The summed E-state index contributed by atoms with van der Waals surface area (Å²) in [5.74, 6) is -0.932. The molecule has 0 amide bonds. The molecule has 0 aliphatic rings. The van der Waals surface area contributed by atoms with Gasteiger partial charge in [0.05, 0.1) is 17.4 Å². The fourth-order valence-electron chi connectivity index (χ4n) is 1.80. The van der Waals surface area contributed by atoms with Crippen LogP contribution in [-0.4, -0.2) is 11.7 Å². The van der Waals surface area contributed by atoms with E-state index < -0.39 is 17.7 Å². The molecule has 0 aliphatic carbocycles. The Morgan fingerprint density at radius 3 is 2.60 bits per heavy atom. The number of nitrogens with one attached hydrogen (secondary N) is 1. The fourth-order valence-corrected chi connectivity index (χ4v) is 1.80. The number of aliphatic hydroxyl groups is 1. The first kappa shape index (κ1) is 14.0. The van der Waals surface area contributed by atoms with E-state index in [1.807, 2.05) is 6.07 Å². The standard InChI is InChI=1S/C15H12F2N2O/c16-12-3-1-2-10(6-12)15(20)9-19-14-5-4-13(17)7-11(14)8-18/h1-7,15,19-20H,9H2/t15-/m0/s1. The molecule has 0 aliphatic heterocycles. The lowest BCUT2D eigenvalue weighted by atomic mass is 10.1. The van der Waals surface area contributed by atoms with Crippen molar-refractivity contribution in [2.45, 2.75) is 6.10 Å².